The second kappa shape index (κ2) is 5.64. The number of carbonyl (C=O) groups is 1. The highest BCUT2D eigenvalue weighted by Gasteiger charge is 2.27. The lowest BCUT2D eigenvalue weighted by molar-refractivity contribution is 0.0629. The minimum Gasteiger partial charge on any atom is -0.388 e. The Labute approximate surface area is 117 Å². The van der Waals surface area contributed by atoms with Gasteiger partial charge < -0.3 is 10.2 Å². The third-order valence-corrected chi connectivity index (χ3v) is 3.90. The number of hydrogen-bond acceptors (Lipinski definition) is 2. The van der Waals surface area contributed by atoms with Crippen LogP contribution in [0.15, 0.2) is 18.2 Å². The van der Waals surface area contributed by atoms with Crippen molar-refractivity contribution >= 4 is 11.6 Å². The predicted octanol–water partition coefficient (Wildman–Crippen LogP) is 3.54. The Bertz CT molecular complexity index is 460. The van der Waals surface area contributed by atoms with Crippen LogP contribution in [0.1, 0.15) is 43.6 Å². The summed E-state index contributed by atoms with van der Waals surface area (Å²) in [4.78, 5) is 14.3. The number of carbonyl (C=O) groups excluding carboxylic acids is 1. The van der Waals surface area contributed by atoms with E-state index in [1.807, 2.05) is 44.1 Å². The summed E-state index contributed by atoms with van der Waals surface area (Å²) in [7, 11) is 3.76. The molecule has 3 heteroatoms. The summed E-state index contributed by atoms with van der Waals surface area (Å²) in [6.07, 6.45) is 0. The van der Waals surface area contributed by atoms with E-state index in [-0.39, 0.29) is 17.4 Å². The van der Waals surface area contributed by atoms with Crippen LogP contribution in [0, 0.1) is 12.3 Å². The number of benzene rings is 1. The SMILES string of the molecule is CNc1ccc(C(=O)N(C)C(C)C(C)(C)C)cc1C. The summed E-state index contributed by atoms with van der Waals surface area (Å²) in [5, 5.41) is 3.11. The average Bonchev–Trinajstić information content (AvgIpc) is 2.34. The maximum Gasteiger partial charge on any atom is 0.253 e. The van der Waals surface area contributed by atoms with E-state index in [9.17, 15) is 4.79 Å². The van der Waals surface area contributed by atoms with Gasteiger partial charge in [-0.05, 0) is 43.0 Å². The number of nitrogens with zero attached hydrogens (tertiary/aromatic N) is 1. The summed E-state index contributed by atoms with van der Waals surface area (Å²) in [6.45, 7) is 10.5. The molecule has 1 aromatic carbocycles. The topological polar surface area (TPSA) is 32.3 Å². The molecule has 0 fully saturated rings. The van der Waals surface area contributed by atoms with Crippen molar-refractivity contribution < 1.29 is 4.79 Å². The molecule has 1 atom stereocenters. The molecule has 19 heavy (non-hydrogen) atoms. The van der Waals surface area contributed by atoms with Crippen molar-refractivity contribution in [2.75, 3.05) is 19.4 Å². The highest BCUT2D eigenvalue weighted by molar-refractivity contribution is 5.95. The molecule has 0 heterocycles. The first-order chi connectivity index (χ1) is 8.68. The van der Waals surface area contributed by atoms with E-state index in [0.29, 0.717) is 0 Å². The van der Waals surface area contributed by atoms with Crippen LogP contribution in [0.3, 0.4) is 0 Å². The van der Waals surface area contributed by atoms with Gasteiger partial charge in [0.15, 0.2) is 0 Å². The van der Waals surface area contributed by atoms with Crippen LogP contribution < -0.4 is 5.32 Å². The lowest BCUT2D eigenvalue weighted by Gasteiger charge is -2.35. The Balaban J connectivity index is 2.98. The molecule has 0 aliphatic rings. The number of amides is 1. The van der Waals surface area contributed by atoms with E-state index in [0.717, 1.165) is 16.8 Å². The van der Waals surface area contributed by atoms with Crippen molar-refractivity contribution in [3.63, 3.8) is 0 Å². The largest absolute Gasteiger partial charge is 0.388 e. The molecule has 0 saturated heterocycles. The first kappa shape index (κ1) is 15.5. The Hall–Kier alpha value is -1.51. The van der Waals surface area contributed by atoms with E-state index in [4.69, 9.17) is 0 Å². The third-order valence-electron chi connectivity index (χ3n) is 3.90. The number of aryl methyl sites for hydroxylation is 1. The van der Waals surface area contributed by atoms with Gasteiger partial charge in [0, 0.05) is 31.4 Å². The van der Waals surface area contributed by atoms with Crippen LogP contribution in [0.25, 0.3) is 0 Å². The maximum absolute atomic E-state index is 12.5. The van der Waals surface area contributed by atoms with Gasteiger partial charge in [0.25, 0.3) is 5.91 Å². The first-order valence-electron chi connectivity index (χ1n) is 6.74. The minimum absolute atomic E-state index is 0.0738. The van der Waals surface area contributed by atoms with Crippen molar-refractivity contribution in [2.45, 2.75) is 40.7 Å². The summed E-state index contributed by atoms with van der Waals surface area (Å²) in [6, 6.07) is 5.97. The van der Waals surface area contributed by atoms with E-state index in [1.54, 1.807) is 0 Å². The highest BCUT2D eigenvalue weighted by Crippen LogP contribution is 2.25. The van der Waals surface area contributed by atoms with Gasteiger partial charge in [0.1, 0.15) is 0 Å². The summed E-state index contributed by atoms with van der Waals surface area (Å²) < 4.78 is 0. The van der Waals surface area contributed by atoms with E-state index in [1.165, 1.54) is 0 Å². The van der Waals surface area contributed by atoms with Gasteiger partial charge in [-0.2, -0.15) is 0 Å². The molecule has 0 spiro atoms. The minimum atomic E-state index is 0.0738. The predicted molar refractivity (Wildman–Crippen MR) is 81.7 cm³/mol. The van der Waals surface area contributed by atoms with Crippen LogP contribution in [-0.4, -0.2) is 30.9 Å². The molecule has 1 N–H and O–H groups in total. The van der Waals surface area contributed by atoms with E-state index >= 15 is 0 Å². The second-order valence-electron chi connectivity index (χ2n) is 6.24. The molecule has 1 aromatic rings. The number of anilines is 1. The zero-order valence-electron chi connectivity index (χ0n) is 13.2. The van der Waals surface area contributed by atoms with Crippen molar-refractivity contribution in [3.05, 3.63) is 29.3 Å². The molecule has 0 bridgehead atoms. The Morgan fingerprint density at radius 1 is 1.32 bits per heavy atom. The normalized spacial score (nSPS) is 13.0. The summed E-state index contributed by atoms with van der Waals surface area (Å²) in [5.41, 5.74) is 2.97. The smallest absolute Gasteiger partial charge is 0.253 e. The summed E-state index contributed by atoms with van der Waals surface area (Å²) >= 11 is 0. The first-order valence-corrected chi connectivity index (χ1v) is 6.74. The van der Waals surface area contributed by atoms with Gasteiger partial charge >= 0.3 is 0 Å². The van der Waals surface area contributed by atoms with Gasteiger partial charge in [-0.25, -0.2) is 0 Å². The monoisotopic (exact) mass is 262 g/mol. The van der Waals surface area contributed by atoms with Gasteiger partial charge in [0.05, 0.1) is 0 Å². The quantitative estimate of drug-likeness (QED) is 0.903. The molecule has 106 valence electrons. The number of nitrogens with one attached hydrogen (secondary N) is 1. The molecule has 1 unspecified atom stereocenters. The molecule has 1 amide bonds. The lowest BCUT2D eigenvalue weighted by atomic mass is 9.87. The Morgan fingerprint density at radius 3 is 2.32 bits per heavy atom. The van der Waals surface area contributed by atoms with Gasteiger partial charge in [-0.3, -0.25) is 4.79 Å². The fourth-order valence-electron chi connectivity index (χ4n) is 2.04. The van der Waals surface area contributed by atoms with E-state index in [2.05, 4.69) is 33.0 Å². The molecule has 0 aromatic heterocycles. The van der Waals surface area contributed by atoms with Crippen molar-refractivity contribution in [2.24, 2.45) is 5.41 Å². The molecular weight excluding hydrogens is 236 g/mol. The molecule has 1 rings (SSSR count). The van der Waals surface area contributed by atoms with Crippen LogP contribution in [0.5, 0.6) is 0 Å². The third kappa shape index (κ3) is 3.49. The molecule has 0 saturated carbocycles. The highest BCUT2D eigenvalue weighted by atomic mass is 16.2. The van der Waals surface area contributed by atoms with Gasteiger partial charge in [-0.15, -0.1) is 0 Å². The van der Waals surface area contributed by atoms with Crippen LogP contribution >= 0.6 is 0 Å². The van der Waals surface area contributed by atoms with E-state index < -0.39 is 0 Å². The molecular formula is C16H26N2O. The molecule has 0 aliphatic heterocycles. The fraction of sp³-hybridized carbons (Fsp3) is 0.562. The standard InChI is InChI=1S/C16H26N2O/c1-11-10-13(8-9-14(11)17-6)15(19)18(7)12(2)16(3,4)5/h8-10,12,17H,1-7H3. The number of hydrogen-bond donors (Lipinski definition) is 1. The van der Waals surface area contributed by atoms with Crippen LogP contribution in [0.2, 0.25) is 0 Å². The van der Waals surface area contributed by atoms with Crippen molar-refractivity contribution in [1.82, 2.24) is 4.90 Å². The zero-order valence-corrected chi connectivity index (χ0v) is 13.2. The van der Waals surface area contributed by atoms with Crippen molar-refractivity contribution in [3.8, 4) is 0 Å². The fourth-order valence-corrected chi connectivity index (χ4v) is 2.04. The lowest BCUT2D eigenvalue weighted by Crippen LogP contribution is -2.42. The maximum atomic E-state index is 12.5. The Morgan fingerprint density at radius 2 is 1.89 bits per heavy atom. The average molecular weight is 262 g/mol. The second-order valence-corrected chi connectivity index (χ2v) is 6.24. The van der Waals surface area contributed by atoms with Gasteiger partial charge in [0.2, 0.25) is 0 Å². The molecule has 3 nitrogen and oxygen atoms in total. The van der Waals surface area contributed by atoms with Crippen molar-refractivity contribution in [1.29, 1.82) is 0 Å². The Kier molecular flexibility index (Phi) is 4.61. The summed E-state index contributed by atoms with van der Waals surface area (Å²) in [5.74, 6) is 0.0770. The van der Waals surface area contributed by atoms with Crippen LogP contribution in [-0.2, 0) is 0 Å². The molecule has 0 aliphatic carbocycles. The van der Waals surface area contributed by atoms with Crippen LogP contribution in [0.4, 0.5) is 5.69 Å². The zero-order chi connectivity index (χ0) is 14.8. The van der Waals surface area contributed by atoms with Gasteiger partial charge in [-0.1, -0.05) is 20.8 Å². The molecule has 0 radical (unpaired) electrons. The number of rotatable bonds is 3.